The minimum absolute atomic E-state index is 0.213. The van der Waals surface area contributed by atoms with Crippen molar-refractivity contribution < 1.29 is 31.1 Å². The molecule has 0 unspecified atom stereocenters. The minimum Gasteiger partial charge on any atom is -0.300 e. The maximum Gasteiger partial charge on any atom is 0.393 e. The molecule has 1 nitrogen and oxygen atoms in total. The highest BCUT2D eigenvalue weighted by Gasteiger charge is 2.43. The molecular formula is C40H87Cl3F6O. The number of hydrogen-bond donors (Lipinski definition) is 0. The molecule has 0 rings (SSSR count). The molecule has 0 amide bonds. The maximum absolute atomic E-state index is 11.6. The van der Waals surface area contributed by atoms with Crippen molar-refractivity contribution >= 4 is 40.6 Å². The van der Waals surface area contributed by atoms with Gasteiger partial charge in [0.15, 0.2) is 3.79 Å². The van der Waals surface area contributed by atoms with Crippen molar-refractivity contribution in [1.82, 2.24) is 0 Å². The van der Waals surface area contributed by atoms with Crippen LogP contribution in [0.4, 0.5) is 26.3 Å². The summed E-state index contributed by atoms with van der Waals surface area (Å²) in [5.74, 6) is 2.97. The SMILES string of the molecule is CC(=O)C(C)C.CC(C)(C)C.CC(C)(C)C(Cl)(Cl)Cl.CC(C)(C)C(F)(F)F.CC(C)(C)C(F)(F)F.CC(C)C.CC(C)C.CC(C)C.CCC. The second-order valence-corrected chi connectivity index (χ2v) is 21.2. The first-order valence-corrected chi connectivity index (χ1v) is 18.8. The number of ketones is 1. The van der Waals surface area contributed by atoms with E-state index in [4.69, 9.17) is 34.8 Å². The maximum atomic E-state index is 11.6. The molecule has 0 spiro atoms. The number of carbonyl (C=O) groups is 1. The van der Waals surface area contributed by atoms with Gasteiger partial charge >= 0.3 is 12.4 Å². The second-order valence-electron chi connectivity index (χ2n) is 18.9. The fourth-order valence-corrected chi connectivity index (χ4v) is 0. The lowest BCUT2D eigenvalue weighted by molar-refractivity contribution is -0.205. The molecule has 0 fully saturated rings. The summed E-state index contributed by atoms with van der Waals surface area (Å²) in [7, 11) is 0. The topological polar surface area (TPSA) is 17.1 Å². The molecule has 0 aliphatic rings. The van der Waals surface area contributed by atoms with Gasteiger partial charge in [0, 0.05) is 11.3 Å². The summed E-state index contributed by atoms with van der Waals surface area (Å²) in [6.07, 6.45) is -6.88. The molecule has 0 bridgehead atoms. The fourth-order valence-electron chi connectivity index (χ4n) is 0. The van der Waals surface area contributed by atoms with Crippen LogP contribution in [0.3, 0.4) is 0 Å². The van der Waals surface area contributed by atoms with Crippen LogP contribution in [0, 0.1) is 45.3 Å². The third-order valence-corrected chi connectivity index (χ3v) is 5.07. The zero-order chi connectivity index (χ0) is 44.1. The van der Waals surface area contributed by atoms with Crippen LogP contribution < -0.4 is 0 Å². The first-order valence-electron chi connectivity index (χ1n) is 17.7. The molecule has 0 aromatic rings. The highest BCUT2D eigenvalue weighted by atomic mass is 35.6. The largest absolute Gasteiger partial charge is 0.393 e. The zero-order valence-electron chi connectivity index (χ0n) is 37.8. The highest BCUT2D eigenvalue weighted by molar-refractivity contribution is 6.68. The Hall–Kier alpha value is 0.120. The molecule has 0 aliphatic heterocycles. The van der Waals surface area contributed by atoms with E-state index in [1.807, 2.05) is 34.6 Å². The van der Waals surface area contributed by atoms with E-state index in [-0.39, 0.29) is 17.1 Å². The fraction of sp³-hybridized carbons (Fsp3) is 0.975. The van der Waals surface area contributed by atoms with E-state index in [1.165, 1.54) is 6.42 Å². The predicted octanol–water partition coefficient (Wildman–Crippen LogP) is 18.3. The molecule has 0 aromatic heterocycles. The number of rotatable bonds is 1. The molecule has 0 saturated heterocycles. The lowest BCUT2D eigenvalue weighted by Crippen LogP contribution is -2.28. The molecule has 0 N–H and O–H groups in total. The van der Waals surface area contributed by atoms with E-state index in [9.17, 15) is 31.1 Å². The quantitative estimate of drug-likeness (QED) is 0.191. The highest BCUT2D eigenvalue weighted by Crippen LogP contribution is 2.43. The van der Waals surface area contributed by atoms with Crippen LogP contribution in [0.5, 0.6) is 0 Å². The predicted molar refractivity (Wildman–Crippen MR) is 219 cm³/mol. The molecule has 0 aliphatic carbocycles. The number of Topliss-reactive ketones (excluding diaryl/α,β-unsaturated/α-hetero) is 1. The van der Waals surface area contributed by atoms with E-state index >= 15 is 0 Å². The molecule has 10 heteroatoms. The Bertz CT molecular complexity index is 572. The van der Waals surface area contributed by atoms with E-state index in [0.29, 0.717) is 5.41 Å². The summed E-state index contributed by atoms with van der Waals surface area (Å²) < 4.78 is 68.2. The van der Waals surface area contributed by atoms with E-state index in [2.05, 4.69) is 104 Å². The standard InChI is InChI=1S/C5H9Cl3.2C5H9F3.C5H10O.C5H12.3C4H10.C3H8/c3*1-4(2,3)5(6,7)8;1-4(2)5(3)6;1-5(2,3)4;3*1-4(2)3;1-3-2/h3*1-3H3;4H,1-3H3;1-4H3;3*4H,1-3H3;3H2,1-2H3. The summed E-state index contributed by atoms with van der Waals surface area (Å²) in [5, 5.41) is 0. The van der Waals surface area contributed by atoms with E-state index in [1.54, 1.807) is 6.92 Å². The van der Waals surface area contributed by atoms with Crippen molar-refractivity contribution in [3.63, 3.8) is 0 Å². The summed E-state index contributed by atoms with van der Waals surface area (Å²) in [4.78, 5) is 10.1. The van der Waals surface area contributed by atoms with Gasteiger partial charge in [-0.1, -0.05) is 221 Å². The number of halogens is 9. The summed E-state index contributed by atoms with van der Waals surface area (Å²) in [6.45, 7) is 50.4. The van der Waals surface area contributed by atoms with Gasteiger partial charge in [-0.15, -0.1) is 0 Å². The number of carbonyl (C=O) groups excluding carboxylic acids is 1. The van der Waals surface area contributed by atoms with Crippen LogP contribution in [0.1, 0.15) is 193 Å². The van der Waals surface area contributed by atoms with Crippen molar-refractivity contribution in [2.45, 2.75) is 210 Å². The third kappa shape index (κ3) is 110. The smallest absolute Gasteiger partial charge is 0.300 e. The van der Waals surface area contributed by atoms with E-state index in [0.717, 1.165) is 59.3 Å². The van der Waals surface area contributed by atoms with Gasteiger partial charge < -0.3 is 0 Å². The van der Waals surface area contributed by atoms with Gasteiger partial charge in [-0.3, -0.25) is 4.79 Å². The average molecular weight is 804 g/mol. The zero-order valence-corrected chi connectivity index (χ0v) is 40.1. The Labute approximate surface area is 325 Å². The molecule has 316 valence electrons. The van der Waals surface area contributed by atoms with Crippen molar-refractivity contribution in [1.29, 1.82) is 0 Å². The molecule has 0 saturated carbocycles. The molecule has 50 heavy (non-hydrogen) atoms. The minimum atomic E-state index is -4.06. The van der Waals surface area contributed by atoms with Crippen molar-refractivity contribution in [2.75, 3.05) is 0 Å². The Morgan fingerprint density at radius 2 is 0.520 bits per heavy atom. The van der Waals surface area contributed by atoms with Crippen LogP contribution in [0.25, 0.3) is 0 Å². The van der Waals surface area contributed by atoms with Crippen LogP contribution in [-0.4, -0.2) is 21.9 Å². The monoisotopic (exact) mass is 803 g/mol. The van der Waals surface area contributed by atoms with Gasteiger partial charge in [0.25, 0.3) is 0 Å². The number of hydrogen-bond acceptors (Lipinski definition) is 1. The van der Waals surface area contributed by atoms with Gasteiger partial charge in [0.1, 0.15) is 5.78 Å². The van der Waals surface area contributed by atoms with Gasteiger partial charge in [-0.25, -0.2) is 0 Å². The molecule has 0 aromatic carbocycles. The van der Waals surface area contributed by atoms with Crippen molar-refractivity contribution in [3.8, 4) is 0 Å². The Morgan fingerprint density at radius 1 is 0.460 bits per heavy atom. The van der Waals surface area contributed by atoms with Crippen molar-refractivity contribution in [2.24, 2.45) is 45.3 Å². The molecular weight excluding hydrogens is 717 g/mol. The van der Waals surface area contributed by atoms with Crippen LogP contribution >= 0.6 is 34.8 Å². The normalized spacial score (nSPS) is 11.7. The lowest BCUT2D eigenvalue weighted by atomic mass is 9.96. The summed E-state index contributed by atoms with van der Waals surface area (Å²) in [6, 6.07) is 0. The lowest BCUT2D eigenvalue weighted by Gasteiger charge is -2.27. The summed E-state index contributed by atoms with van der Waals surface area (Å²) in [5.41, 5.74) is -2.89. The van der Waals surface area contributed by atoms with Gasteiger partial charge in [0.2, 0.25) is 0 Å². The molecule has 0 radical (unpaired) electrons. The Balaban J connectivity index is -0.0000000551. The van der Waals surface area contributed by atoms with Crippen molar-refractivity contribution in [3.05, 3.63) is 0 Å². The first kappa shape index (κ1) is 71.5. The van der Waals surface area contributed by atoms with E-state index < -0.39 is 27.0 Å². The summed E-state index contributed by atoms with van der Waals surface area (Å²) >= 11 is 16.6. The van der Waals surface area contributed by atoms with Crippen LogP contribution in [0.2, 0.25) is 0 Å². The second kappa shape index (κ2) is 33.7. The van der Waals surface area contributed by atoms with Crippen LogP contribution in [0.15, 0.2) is 0 Å². The molecule has 0 atom stereocenters. The van der Waals surface area contributed by atoms with Gasteiger partial charge in [0.05, 0.1) is 10.8 Å². The van der Waals surface area contributed by atoms with Crippen LogP contribution in [-0.2, 0) is 4.79 Å². The van der Waals surface area contributed by atoms with Gasteiger partial charge in [-0.2, -0.15) is 26.3 Å². The molecule has 0 heterocycles. The third-order valence-electron chi connectivity index (χ3n) is 3.36. The first-order chi connectivity index (χ1) is 21.0. The van der Waals surface area contributed by atoms with Gasteiger partial charge in [-0.05, 0) is 30.1 Å². The average Bonchev–Trinajstić information content (AvgIpc) is 2.68. The Kier molecular flexibility index (Phi) is 48.2. The Morgan fingerprint density at radius 3 is 0.520 bits per heavy atom. The number of alkyl halides is 9.